The molecule has 0 bridgehead atoms. The van der Waals surface area contributed by atoms with Gasteiger partial charge >= 0.3 is 0 Å². The van der Waals surface area contributed by atoms with Gasteiger partial charge in [0.25, 0.3) is 0 Å². The van der Waals surface area contributed by atoms with Crippen LogP contribution < -0.4 is 9.80 Å². The van der Waals surface area contributed by atoms with Gasteiger partial charge in [-0.2, -0.15) is 0 Å². The van der Waals surface area contributed by atoms with E-state index >= 15 is 0 Å². The molecule has 318 valence electrons. The molecule has 0 N–H and O–H groups in total. The molecule has 0 heterocycles. The molecule has 0 aliphatic rings. The minimum Gasteiger partial charge on any atom is -0.310 e. The predicted molar refractivity (Wildman–Crippen MR) is 292 cm³/mol. The Morgan fingerprint density at radius 1 is 0.176 bits per heavy atom. The second-order valence-electron chi connectivity index (χ2n) is 17.7. The highest BCUT2D eigenvalue weighted by molar-refractivity contribution is 6.23. The fourth-order valence-electron chi connectivity index (χ4n) is 10.6. The summed E-state index contributed by atoms with van der Waals surface area (Å²) in [6, 6.07) is 97.8. The zero-order valence-electron chi connectivity index (χ0n) is 37.3. The normalized spacial score (nSPS) is 11.5. The minimum atomic E-state index is 1.09. The Bertz CT molecular complexity index is 3750. The number of nitrogens with zero attached hydrogens (tertiary/aromatic N) is 2. The summed E-state index contributed by atoms with van der Waals surface area (Å²) < 4.78 is 0. The summed E-state index contributed by atoms with van der Waals surface area (Å²) in [5.41, 5.74) is 11.4. The Hall–Kier alpha value is -8.98. The molecule has 13 rings (SSSR count). The van der Waals surface area contributed by atoms with Gasteiger partial charge in [0.15, 0.2) is 0 Å². The van der Waals surface area contributed by atoms with E-state index in [0.717, 1.165) is 34.1 Å². The first-order valence-corrected chi connectivity index (χ1v) is 23.4. The van der Waals surface area contributed by atoms with Crippen LogP contribution in [0.4, 0.5) is 34.1 Å². The number of anilines is 6. The first-order valence-electron chi connectivity index (χ1n) is 23.4. The lowest BCUT2D eigenvalue weighted by atomic mass is 9.85. The lowest BCUT2D eigenvalue weighted by molar-refractivity contribution is 1.29. The van der Waals surface area contributed by atoms with Crippen LogP contribution in [0.15, 0.2) is 267 Å². The largest absolute Gasteiger partial charge is 0.310 e. The maximum absolute atomic E-state index is 2.42. The van der Waals surface area contributed by atoms with E-state index in [4.69, 9.17) is 0 Å². The van der Waals surface area contributed by atoms with Crippen LogP contribution in [-0.4, -0.2) is 0 Å². The van der Waals surface area contributed by atoms with E-state index in [1.165, 1.54) is 86.9 Å². The number of fused-ring (bicyclic) bond motifs is 8. The van der Waals surface area contributed by atoms with Crippen LogP contribution >= 0.6 is 0 Å². The van der Waals surface area contributed by atoms with Crippen LogP contribution in [-0.2, 0) is 0 Å². The molecule has 68 heavy (non-hydrogen) atoms. The fraction of sp³-hybridized carbons (Fsp3) is 0. The third-order valence-electron chi connectivity index (χ3n) is 13.7. The van der Waals surface area contributed by atoms with Gasteiger partial charge in [0.1, 0.15) is 0 Å². The minimum absolute atomic E-state index is 1.09. The first-order chi connectivity index (χ1) is 33.7. The molecule has 0 atom stereocenters. The van der Waals surface area contributed by atoms with Crippen LogP contribution in [0.2, 0.25) is 0 Å². The van der Waals surface area contributed by atoms with E-state index in [1.54, 1.807) is 0 Å². The summed E-state index contributed by atoms with van der Waals surface area (Å²) in [7, 11) is 0. The maximum atomic E-state index is 2.42. The van der Waals surface area contributed by atoms with Gasteiger partial charge in [0.05, 0.1) is 0 Å². The van der Waals surface area contributed by atoms with E-state index in [-0.39, 0.29) is 0 Å². The zero-order chi connectivity index (χ0) is 45.0. The third-order valence-corrected chi connectivity index (χ3v) is 13.7. The molecular formula is C66H44N2. The lowest BCUT2D eigenvalue weighted by Gasteiger charge is -2.28. The van der Waals surface area contributed by atoms with Crippen molar-refractivity contribution in [1.82, 2.24) is 0 Å². The highest BCUT2D eigenvalue weighted by atomic mass is 15.1. The highest BCUT2D eigenvalue weighted by Gasteiger charge is 2.22. The number of rotatable bonds is 8. The number of hydrogen-bond acceptors (Lipinski definition) is 2. The maximum Gasteiger partial charge on any atom is 0.0468 e. The van der Waals surface area contributed by atoms with Crippen molar-refractivity contribution in [2.75, 3.05) is 9.80 Å². The molecule has 0 aliphatic carbocycles. The lowest BCUT2D eigenvalue weighted by Crippen LogP contribution is -2.10. The van der Waals surface area contributed by atoms with Crippen molar-refractivity contribution in [1.29, 1.82) is 0 Å². The van der Waals surface area contributed by atoms with Crippen molar-refractivity contribution in [3.8, 4) is 22.3 Å². The molecule has 0 fully saturated rings. The van der Waals surface area contributed by atoms with Gasteiger partial charge in [-0.1, -0.05) is 194 Å². The number of benzene rings is 13. The van der Waals surface area contributed by atoms with E-state index in [1.807, 2.05) is 0 Å². The van der Waals surface area contributed by atoms with Gasteiger partial charge in [-0.3, -0.25) is 0 Å². The average molecular weight is 865 g/mol. The van der Waals surface area contributed by atoms with Crippen molar-refractivity contribution < 1.29 is 0 Å². The summed E-state index contributed by atoms with van der Waals surface area (Å²) in [6.45, 7) is 0. The summed E-state index contributed by atoms with van der Waals surface area (Å²) in [4.78, 5) is 4.82. The molecule has 0 saturated carbocycles. The van der Waals surface area contributed by atoms with Crippen LogP contribution in [0.3, 0.4) is 0 Å². The Morgan fingerprint density at radius 3 is 0.868 bits per heavy atom. The van der Waals surface area contributed by atoms with Gasteiger partial charge < -0.3 is 9.80 Å². The van der Waals surface area contributed by atoms with Crippen LogP contribution in [0.5, 0.6) is 0 Å². The van der Waals surface area contributed by atoms with Gasteiger partial charge in [0, 0.05) is 34.1 Å². The van der Waals surface area contributed by atoms with Crippen molar-refractivity contribution in [3.05, 3.63) is 267 Å². The standard InChI is InChI=1S/C66H44N2/c1-5-19-49(20-6-1)65-59-39-37-56(68(52-25-11-4-12-26-52)54-36-34-48-32-30-46-18-14-16-28-58(46)62(48)42-54)44-64(59)66(50-21-7-2-8-22-50)60-40-38-55(43-63(60)65)67(51-23-9-3-10-24-51)53-35-33-47-31-29-45-17-13-15-27-57(45)61(47)41-53/h1-44H. The molecule has 13 aromatic carbocycles. The smallest absolute Gasteiger partial charge is 0.0468 e. The van der Waals surface area contributed by atoms with Crippen molar-refractivity contribution in [3.63, 3.8) is 0 Å². The second kappa shape index (κ2) is 16.5. The summed E-state index contributed by atoms with van der Waals surface area (Å²) in [5.74, 6) is 0. The molecular weight excluding hydrogens is 821 g/mol. The molecule has 2 nitrogen and oxygen atoms in total. The van der Waals surface area contributed by atoms with Crippen LogP contribution in [0, 0.1) is 0 Å². The highest BCUT2D eigenvalue weighted by Crippen LogP contribution is 2.49. The predicted octanol–water partition coefficient (Wildman–Crippen LogP) is 18.9. The Morgan fingerprint density at radius 2 is 0.471 bits per heavy atom. The number of para-hydroxylation sites is 2. The van der Waals surface area contributed by atoms with E-state index < -0.39 is 0 Å². The third kappa shape index (κ3) is 6.73. The molecule has 0 unspecified atom stereocenters. The van der Waals surface area contributed by atoms with Gasteiger partial charge in [0.2, 0.25) is 0 Å². The fourth-order valence-corrected chi connectivity index (χ4v) is 10.6. The molecule has 0 spiro atoms. The zero-order valence-corrected chi connectivity index (χ0v) is 37.3. The number of hydrogen-bond donors (Lipinski definition) is 0. The average Bonchev–Trinajstić information content (AvgIpc) is 3.41. The topological polar surface area (TPSA) is 6.48 Å². The molecule has 0 saturated heterocycles. The summed E-state index contributed by atoms with van der Waals surface area (Å²) >= 11 is 0. The molecule has 13 aromatic rings. The van der Waals surface area contributed by atoms with Crippen LogP contribution in [0.1, 0.15) is 0 Å². The Kier molecular flexibility index (Phi) is 9.54. The molecule has 0 amide bonds. The SMILES string of the molecule is c1ccc(-c2c3ccc(N(c4ccccc4)c4ccc5ccc6ccccc6c5c4)cc3c(-c3ccccc3)c3ccc(N(c4ccccc4)c4ccc5ccc6ccccc6c5c4)cc23)cc1. The quantitative estimate of drug-likeness (QED) is 0.111. The monoisotopic (exact) mass is 864 g/mol. The first kappa shape index (κ1) is 39.4. The van der Waals surface area contributed by atoms with E-state index in [0.29, 0.717) is 0 Å². The van der Waals surface area contributed by atoms with Gasteiger partial charge in [-0.05, 0) is 160 Å². The van der Waals surface area contributed by atoms with E-state index in [2.05, 4.69) is 277 Å². The Balaban J connectivity index is 1.08. The van der Waals surface area contributed by atoms with Gasteiger partial charge in [-0.15, -0.1) is 0 Å². The van der Waals surface area contributed by atoms with Crippen LogP contribution in [0.25, 0.3) is 86.9 Å². The Labute approximate surface area is 395 Å². The molecule has 0 aromatic heterocycles. The second-order valence-corrected chi connectivity index (χ2v) is 17.7. The summed E-state index contributed by atoms with van der Waals surface area (Å²) in [6.07, 6.45) is 0. The van der Waals surface area contributed by atoms with E-state index in [9.17, 15) is 0 Å². The van der Waals surface area contributed by atoms with Gasteiger partial charge in [-0.25, -0.2) is 0 Å². The van der Waals surface area contributed by atoms with Crippen molar-refractivity contribution >= 4 is 98.8 Å². The molecule has 0 aliphatic heterocycles. The van der Waals surface area contributed by atoms with Crippen molar-refractivity contribution in [2.24, 2.45) is 0 Å². The molecule has 0 radical (unpaired) electrons. The summed E-state index contributed by atoms with van der Waals surface area (Å²) in [5, 5.41) is 14.7. The van der Waals surface area contributed by atoms with Crippen molar-refractivity contribution in [2.45, 2.75) is 0 Å². The molecule has 2 heteroatoms.